The maximum absolute atomic E-state index is 5.46. The number of piperazine rings is 1. The third-order valence-corrected chi connectivity index (χ3v) is 4.82. The fourth-order valence-corrected chi connectivity index (χ4v) is 3.86. The van der Waals surface area contributed by atoms with Crippen molar-refractivity contribution < 1.29 is 4.74 Å². The second kappa shape index (κ2) is 5.20. The van der Waals surface area contributed by atoms with E-state index >= 15 is 0 Å². The zero-order chi connectivity index (χ0) is 13.4. The molecule has 20 heavy (non-hydrogen) atoms. The van der Waals surface area contributed by atoms with Crippen LogP contribution in [0, 0.1) is 0 Å². The van der Waals surface area contributed by atoms with Crippen molar-refractivity contribution in [3.8, 4) is 0 Å². The molecule has 0 bridgehead atoms. The molecule has 106 valence electrons. The molecule has 0 spiro atoms. The number of fused-ring (bicyclic) bond motifs is 1. The molecule has 5 nitrogen and oxygen atoms in total. The van der Waals surface area contributed by atoms with E-state index in [1.807, 2.05) is 17.8 Å². The average Bonchev–Trinajstić information content (AvgIpc) is 3.09. The minimum atomic E-state index is 0.329. The monoisotopic (exact) mass is 290 g/mol. The van der Waals surface area contributed by atoms with Gasteiger partial charge in [0.1, 0.15) is 6.61 Å². The standard InChI is InChI=1S/C14H18N4OS/c1-2-12(11-19-8-1)13-10-16-7-9-20-14(16)18(13)17-5-3-15-4-6-17/h1-2,7-10,14-15H,3-6,11H2. The predicted molar refractivity (Wildman–Crippen MR) is 79.9 cm³/mol. The van der Waals surface area contributed by atoms with Gasteiger partial charge in [-0.3, -0.25) is 5.01 Å². The fraction of sp³-hybridized carbons (Fsp3) is 0.429. The van der Waals surface area contributed by atoms with Crippen LogP contribution in [0.1, 0.15) is 0 Å². The maximum atomic E-state index is 5.46. The van der Waals surface area contributed by atoms with Gasteiger partial charge < -0.3 is 15.0 Å². The van der Waals surface area contributed by atoms with Crippen molar-refractivity contribution in [2.45, 2.75) is 5.50 Å². The van der Waals surface area contributed by atoms with Crippen molar-refractivity contribution in [3.63, 3.8) is 0 Å². The van der Waals surface area contributed by atoms with Gasteiger partial charge in [0, 0.05) is 44.2 Å². The van der Waals surface area contributed by atoms with Gasteiger partial charge in [-0.1, -0.05) is 17.8 Å². The molecule has 1 unspecified atom stereocenters. The average molecular weight is 290 g/mol. The van der Waals surface area contributed by atoms with Gasteiger partial charge in [0.25, 0.3) is 0 Å². The topological polar surface area (TPSA) is 31.0 Å². The first-order valence-corrected chi connectivity index (χ1v) is 7.92. The highest BCUT2D eigenvalue weighted by Crippen LogP contribution is 2.40. The molecule has 0 aromatic rings. The van der Waals surface area contributed by atoms with Crippen molar-refractivity contribution in [2.75, 3.05) is 32.8 Å². The third kappa shape index (κ3) is 2.04. The molecule has 4 rings (SSSR count). The summed E-state index contributed by atoms with van der Waals surface area (Å²) in [7, 11) is 0. The number of allylic oxidation sites excluding steroid dienone is 2. The van der Waals surface area contributed by atoms with Gasteiger partial charge in [-0.05, 0) is 11.5 Å². The lowest BCUT2D eigenvalue weighted by atomic mass is 10.2. The number of rotatable bonds is 2. The first-order chi connectivity index (χ1) is 9.93. The maximum Gasteiger partial charge on any atom is 0.172 e. The number of nitrogens with one attached hydrogen (secondary N) is 1. The van der Waals surface area contributed by atoms with Crippen LogP contribution in [-0.4, -0.2) is 53.2 Å². The summed E-state index contributed by atoms with van der Waals surface area (Å²) >= 11 is 1.85. The van der Waals surface area contributed by atoms with Crippen molar-refractivity contribution in [3.05, 3.63) is 47.5 Å². The normalized spacial score (nSPS) is 29.3. The van der Waals surface area contributed by atoms with Crippen LogP contribution in [0.2, 0.25) is 0 Å². The zero-order valence-corrected chi connectivity index (χ0v) is 12.1. The Balaban J connectivity index is 1.64. The Hall–Kier alpha value is -1.37. The van der Waals surface area contributed by atoms with Crippen molar-refractivity contribution in [1.82, 2.24) is 20.2 Å². The lowest BCUT2D eigenvalue weighted by Gasteiger charge is -2.41. The molecule has 0 amide bonds. The van der Waals surface area contributed by atoms with E-state index < -0.39 is 0 Å². The highest BCUT2D eigenvalue weighted by Gasteiger charge is 2.39. The summed E-state index contributed by atoms with van der Waals surface area (Å²) < 4.78 is 5.46. The zero-order valence-electron chi connectivity index (χ0n) is 11.2. The molecule has 0 saturated carbocycles. The Morgan fingerprint density at radius 1 is 1.30 bits per heavy atom. The summed E-state index contributed by atoms with van der Waals surface area (Å²) in [6, 6.07) is 0. The Kier molecular flexibility index (Phi) is 3.22. The largest absolute Gasteiger partial charge is 0.496 e. The third-order valence-electron chi connectivity index (χ3n) is 3.85. The molecule has 4 heterocycles. The Morgan fingerprint density at radius 2 is 2.20 bits per heavy atom. The number of hydrogen-bond acceptors (Lipinski definition) is 6. The van der Waals surface area contributed by atoms with Gasteiger partial charge in [0.2, 0.25) is 0 Å². The molecule has 1 fully saturated rings. The van der Waals surface area contributed by atoms with E-state index in [2.05, 4.69) is 44.1 Å². The van der Waals surface area contributed by atoms with Gasteiger partial charge in [0.05, 0.1) is 12.0 Å². The molecule has 6 heteroatoms. The molecule has 4 aliphatic heterocycles. The van der Waals surface area contributed by atoms with Gasteiger partial charge in [-0.2, -0.15) is 0 Å². The fourth-order valence-electron chi connectivity index (χ4n) is 2.88. The molecule has 1 saturated heterocycles. The van der Waals surface area contributed by atoms with Crippen molar-refractivity contribution in [2.24, 2.45) is 0 Å². The second-order valence-electron chi connectivity index (χ2n) is 5.09. The van der Waals surface area contributed by atoms with Crippen LogP contribution < -0.4 is 5.32 Å². The lowest BCUT2D eigenvalue weighted by molar-refractivity contribution is -0.0193. The molecule has 0 aromatic carbocycles. The molecule has 1 atom stereocenters. The minimum absolute atomic E-state index is 0.329. The summed E-state index contributed by atoms with van der Waals surface area (Å²) in [4.78, 5) is 2.28. The molecular formula is C14H18N4OS. The lowest BCUT2D eigenvalue weighted by Crippen LogP contribution is -2.54. The van der Waals surface area contributed by atoms with Gasteiger partial charge in [-0.25, -0.2) is 5.01 Å². The molecule has 0 radical (unpaired) electrons. The highest BCUT2D eigenvalue weighted by molar-refractivity contribution is 8.02. The van der Waals surface area contributed by atoms with E-state index in [4.69, 9.17) is 4.74 Å². The van der Waals surface area contributed by atoms with E-state index in [1.165, 1.54) is 11.3 Å². The Labute approximate surface area is 123 Å². The number of ether oxygens (including phenoxy) is 1. The van der Waals surface area contributed by atoms with Crippen LogP contribution in [0.3, 0.4) is 0 Å². The van der Waals surface area contributed by atoms with Gasteiger partial charge in [-0.15, -0.1) is 0 Å². The van der Waals surface area contributed by atoms with Crippen LogP contribution >= 0.6 is 11.8 Å². The number of hydrazine groups is 1. The van der Waals surface area contributed by atoms with Crippen LogP contribution in [-0.2, 0) is 4.74 Å². The molecule has 0 aromatic heterocycles. The number of hydrogen-bond donors (Lipinski definition) is 1. The van der Waals surface area contributed by atoms with Crippen LogP contribution in [0.25, 0.3) is 0 Å². The summed E-state index contributed by atoms with van der Waals surface area (Å²) in [5.41, 5.74) is 2.84. The highest BCUT2D eigenvalue weighted by atomic mass is 32.2. The summed E-state index contributed by atoms with van der Waals surface area (Å²) in [5.74, 6) is 0. The van der Waals surface area contributed by atoms with Gasteiger partial charge in [0.15, 0.2) is 5.50 Å². The Morgan fingerprint density at radius 3 is 3.00 bits per heavy atom. The van der Waals surface area contributed by atoms with Crippen molar-refractivity contribution in [1.29, 1.82) is 0 Å². The van der Waals surface area contributed by atoms with E-state index in [1.54, 1.807) is 6.26 Å². The van der Waals surface area contributed by atoms with Crippen LogP contribution in [0.4, 0.5) is 0 Å². The molecule has 1 N–H and O–H groups in total. The summed E-state index contributed by atoms with van der Waals surface area (Å²) in [6.07, 6.45) is 10.3. The SMILES string of the molecule is C1=COCC(C2=CN3C=CSC3N2N2CCNCC2)=C1. The smallest absolute Gasteiger partial charge is 0.172 e. The Bertz CT molecular complexity index is 507. The molecule has 4 aliphatic rings. The quantitative estimate of drug-likeness (QED) is 0.823. The number of nitrogens with zero attached hydrogens (tertiary/aromatic N) is 3. The first kappa shape index (κ1) is 12.4. The van der Waals surface area contributed by atoms with Crippen molar-refractivity contribution >= 4 is 11.8 Å². The molecule has 0 aliphatic carbocycles. The van der Waals surface area contributed by atoms with E-state index in [9.17, 15) is 0 Å². The molecular weight excluding hydrogens is 272 g/mol. The second-order valence-corrected chi connectivity index (χ2v) is 6.05. The summed E-state index contributed by atoms with van der Waals surface area (Å²) in [5, 5.41) is 10.5. The summed E-state index contributed by atoms with van der Waals surface area (Å²) in [6.45, 7) is 4.84. The van der Waals surface area contributed by atoms with Crippen LogP contribution in [0.5, 0.6) is 0 Å². The number of thioether (sulfide) groups is 1. The van der Waals surface area contributed by atoms with Gasteiger partial charge >= 0.3 is 0 Å². The predicted octanol–water partition coefficient (Wildman–Crippen LogP) is 1.24. The first-order valence-electron chi connectivity index (χ1n) is 6.97. The van der Waals surface area contributed by atoms with E-state index in [0.29, 0.717) is 12.1 Å². The van der Waals surface area contributed by atoms with Crippen LogP contribution in [0.15, 0.2) is 47.5 Å². The van der Waals surface area contributed by atoms with E-state index in [-0.39, 0.29) is 0 Å². The van der Waals surface area contributed by atoms with E-state index in [0.717, 1.165) is 26.2 Å². The minimum Gasteiger partial charge on any atom is -0.496 e.